The normalized spacial score (nSPS) is 16.9. The van der Waals surface area contributed by atoms with Crippen LogP contribution in [0.3, 0.4) is 0 Å². The van der Waals surface area contributed by atoms with Crippen LogP contribution in [0.5, 0.6) is 5.75 Å². The number of ketones is 1. The molecule has 1 amide bonds. The zero-order valence-corrected chi connectivity index (χ0v) is 24.4. The topological polar surface area (TPSA) is 106 Å². The van der Waals surface area contributed by atoms with Crippen LogP contribution in [0, 0.1) is 6.92 Å². The van der Waals surface area contributed by atoms with Gasteiger partial charge in [0.2, 0.25) is 0 Å². The molecule has 0 radical (unpaired) electrons. The lowest BCUT2D eigenvalue weighted by Gasteiger charge is -2.25. The highest BCUT2D eigenvalue weighted by Gasteiger charge is 2.48. The van der Waals surface area contributed by atoms with Crippen LogP contribution in [0.1, 0.15) is 78.6 Å². The zero-order valence-electron chi connectivity index (χ0n) is 23.6. The van der Waals surface area contributed by atoms with E-state index in [0.29, 0.717) is 29.2 Å². The van der Waals surface area contributed by atoms with E-state index in [4.69, 9.17) is 9.47 Å². The lowest BCUT2D eigenvalue weighted by molar-refractivity contribution is -0.132. The molecule has 1 saturated heterocycles. The summed E-state index contributed by atoms with van der Waals surface area (Å²) in [4.78, 5) is 45.3. The van der Waals surface area contributed by atoms with Crippen molar-refractivity contribution < 1.29 is 29.0 Å². The van der Waals surface area contributed by atoms with Crippen LogP contribution >= 0.6 is 11.3 Å². The average Bonchev–Trinajstić information content (AvgIpc) is 3.44. The highest BCUT2D eigenvalue weighted by Crippen LogP contribution is 2.44. The first-order valence-corrected chi connectivity index (χ1v) is 14.0. The fourth-order valence-electron chi connectivity index (χ4n) is 4.50. The van der Waals surface area contributed by atoms with Crippen molar-refractivity contribution in [3.05, 3.63) is 81.4 Å². The molecular formula is C31H34N2O6S. The number of thiazole rings is 1. The molecule has 3 aromatic rings. The summed E-state index contributed by atoms with van der Waals surface area (Å²) in [6, 6.07) is 13.5. The van der Waals surface area contributed by atoms with Crippen molar-refractivity contribution >= 4 is 39.9 Å². The van der Waals surface area contributed by atoms with E-state index >= 15 is 0 Å². The number of aromatic nitrogens is 1. The average molecular weight is 563 g/mol. The number of Topliss-reactive ketones (excluding diaryl/α,β-unsaturated/α-hetero) is 1. The standard InChI is InChI=1S/C31H34N2O6S/c1-7-8-16-39-22-11-9-10-20(17-22)25(34)23-24(19-12-14-21(15-13-19)31(3,4)5)33(28(36)26(23)35)30-32-18(2)27(40-30)29(37)38-6/h9-15,17,24,34H,7-8,16H2,1-6H3. The van der Waals surface area contributed by atoms with Gasteiger partial charge in [0.1, 0.15) is 16.4 Å². The maximum absolute atomic E-state index is 13.5. The number of unbranched alkanes of at least 4 members (excludes halogenated alkanes) is 1. The Balaban J connectivity index is 1.88. The second-order valence-electron chi connectivity index (χ2n) is 10.7. The number of aryl methyl sites for hydroxylation is 1. The van der Waals surface area contributed by atoms with Crippen LogP contribution < -0.4 is 9.64 Å². The van der Waals surface area contributed by atoms with Gasteiger partial charge in [0, 0.05) is 5.56 Å². The Kier molecular flexibility index (Phi) is 8.44. The summed E-state index contributed by atoms with van der Waals surface area (Å²) in [5, 5.41) is 11.7. The van der Waals surface area contributed by atoms with Gasteiger partial charge in [-0.25, -0.2) is 9.78 Å². The third kappa shape index (κ3) is 5.65. The van der Waals surface area contributed by atoms with Gasteiger partial charge in [-0.2, -0.15) is 0 Å². The molecule has 2 heterocycles. The minimum absolute atomic E-state index is 0.0633. The summed E-state index contributed by atoms with van der Waals surface area (Å²) in [6.07, 6.45) is 1.86. The molecule has 1 aliphatic heterocycles. The molecule has 1 atom stereocenters. The molecule has 0 spiro atoms. The number of benzene rings is 2. The second kappa shape index (κ2) is 11.6. The number of esters is 1. The Morgan fingerprint density at radius 3 is 2.45 bits per heavy atom. The lowest BCUT2D eigenvalue weighted by Crippen LogP contribution is -2.29. The zero-order chi connectivity index (χ0) is 29.2. The van der Waals surface area contributed by atoms with Gasteiger partial charge in [0.15, 0.2) is 5.13 Å². The van der Waals surface area contributed by atoms with Crippen molar-refractivity contribution in [2.24, 2.45) is 0 Å². The van der Waals surface area contributed by atoms with E-state index in [9.17, 15) is 19.5 Å². The first-order valence-electron chi connectivity index (χ1n) is 13.2. The van der Waals surface area contributed by atoms with E-state index in [2.05, 4.69) is 32.7 Å². The van der Waals surface area contributed by atoms with Crippen molar-refractivity contribution in [3.63, 3.8) is 0 Å². The van der Waals surface area contributed by atoms with Gasteiger partial charge in [-0.15, -0.1) is 0 Å². The summed E-state index contributed by atoms with van der Waals surface area (Å²) < 4.78 is 10.7. The van der Waals surface area contributed by atoms with Gasteiger partial charge in [0.25, 0.3) is 5.78 Å². The molecule has 4 rings (SSSR count). The van der Waals surface area contributed by atoms with E-state index in [0.717, 1.165) is 29.7 Å². The molecule has 9 heteroatoms. The molecule has 210 valence electrons. The Morgan fingerprint density at radius 1 is 1.12 bits per heavy atom. The largest absolute Gasteiger partial charge is 0.507 e. The predicted molar refractivity (Wildman–Crippen MR) is 155 cm³/mol. The van der Waals surface area contributed by atoms with Gasteiger partial charge >= 0.3 is 11.9 Å². The van der Waals surface area contributed by atoms with Gasteiger partial charge in [-0.1, -0.05) is 81.9 Å². The number of ether oxygens (including phenoxy) is 2. The molecular weight excluding hydrogens is 528 g/mol. The third-order valence-electron chi connectivity index (χ3n) is 6.77. The molecule has 0 aliphatic carbocycles. The number of anilines is 1. The van der Waals surface area contributed by atoms with Crippen LogP contribution in [-0.2, 0) is 19.7 Å². The van der Waals surface area contributed by atoms with Crippen molar-refractivity contribution in [3.8, 4) is 5.75 Å². The molecule has 1 N–H and O–H groups in total. The van der Waals surface area contributed by atoms with Gasteiger partial charge in [-0.3, -0.25) is 14.5 Å². The molecule has 2 aromatic carbocycles. The van der Waals surface area contributed by atoms with Gasteiger partial charge in [0.05, 0.1) is 31.0 Å². The summed E-state index contributed by atoms with van der Waals surface area (Å²) >= 11 is 0.967. The van der Waals surface area contributed by atoms with Crippen molar-refractivity contribution in [1.82, 2.24) is 4.98 Å². The van der Waals surface area contributed by atoms with Gasteiger partial charge in [-0.05, 0) is 42.0 Å². The number of rotatable bonds is 8. The van der Waals surface area contributed by atoms with E-state index in [1.54, 1.807) is 31.2 Å². The maximum Gasteiger partial charge on any atom is 0.350 e. The maximum atomic E-state index is 13.5. The Bertz CT molecular complexity index is 1470. The van der Waals surface area contributed by atoms with Crippen LogP contribution in [0.4, 0.5) is 5.13 Å². The quantitative estimate of drug-likeness (QED) is 0.112. The summed E-state index contributed by atoms with van der Waals surface area (Å²) in [6.45, 7) is 10.5. The third-order valence-corrected chi connectivity index (χ3v) is 7.91. The first kappa shape index (κ1) is 29.0. The number of hydrogen-bond acceptors (Lipinski definition) is 8. The second-order valence-corrected chi connectivity index (χ2v) is 11.7. The van der Waals surface area contributed by atoms with E-state index < -0.39 is 23.7 Å². The smallest absolute Gasteiger partial charge is 0.350 e. The van der Waals surface area contributed by atoms with E-state index in [-0.39, 0.29) is 26.8 Å². The Hall–Kier alpha value is -3.98. The summed E-state index contributed by atoms with van der Waals surface area (Å²) in [5.41, 5.74) is 2.26. The predicted octanol–water partition coefficient (Wildman–Crippen LogP) is 6.34. The van der Waals surface area contributed by atoms with Crippen LogP contribution in [0.2, 0.25) is 0 Å². The number of aliphatic hydroxyl groups excluding tert-OH is 1. The SMILES string of the molecule is CCCCOc1cccc(C(O)=C2C(=O)C(=O)N(c3nc(C)c(C(=O)OC)s3)C2c2ccc(C(C)(C)C)cc2)c1. The number of nitrogens with zero attached hydrogens (tertiary/aromatic N) is 2. The molecule has 1 unspecified atom stereocenters. The fraction of sp³-hybridized carbons (Fsp3) is 0.355. The Labute approximate surface area is 238 Å². The monoisotopic (exact) mass is 562 g/mol. The molecule has 1 fully saturated rings. The van der Waals surface area contributed by atoms with Crippen molar-refractivity contribution in [2.75, 3.05) is 18.6 Å². The Morgan fingerprint density at radius 2 is 1.82 bits per heavy atom. The number of methoxy groups -OCH3 is 1. The number of hydrogen-bond donors (Lipinski definition) is 1. The molecule has 40 heavy (non-hydrogen) atoms. The van der Waals surface area contributed by atoms with E-state index in [1.165, 1.54) is 12.0 Å². The van der Waals surface area contributed by atoms with Gasteiger partial charge < -0.3 is 14.6 Å². The molecule has 0 saturated carbocycles. The van der Waals surface area contributed by atoms with Crippen LogP contribution in [0.15, 0.2) is 54.1 Å². The minimum atomic E-state index is -0.963. The molecule has 1 aliphatic rings. The van der Waals surface area contributed by atoms with Crippen LogP contribution in [0.25, 0.3) is 5.76 Å². The number of carbonyl (C=O) groups is 3. The molecule has 8 nitrogen and oxygen atoms in total. The molecule has 1 aromatic heterocycles. The fourth-order valence-corrected chi connectivity index (χ4v) is 5.51. The van der Waals surface area contributed by atoms with E-state index in [1.807, 2.05) is 24.3 Å². The summed E-state index contributed by atoms with van der Waals surface area (Å²) in [7, 11) is 1.27. The number of amides is 1. The minimum Gasteiger partial charge on any atom is -0.507 e. The van der Waals surface area contributed by atoms with Crippen molar-refractivity contribution in [2.45, 2.75) is 58.9 Å². The number of aliphatic hydroxyl groups is 1. The lowest BCUT2D eigenvalue weighted by atomic mass is 9.85. The van der Waals surface area contributed by atoms with Crippen molar-refractivity contribution in [1.29, 1.82) is 0 Å². The van der Waals surface area contributed by atoms with Crippen LogP contribution in [-0.4, -0.2) is 41.5 Å². The first-order chi connectivity index (χ1) is 19.0. The highest BCUT2D eigenvalue weighted by molar-refractivity contribution is 7.17. The molecule has 0 bridgehead atoms. The summed E-state index contributed by atoms with van der Waals surface area (Å²) in [5.74, 6) is -2.02. The number of carbonyl (C=O) groups excluding carboxylic acids is 3. The highest BCUT2D eigenvalue weighted by atomic mass is 32.1.